The number of nitrogens with two attached hydrogens (primary N) is 1. The highest BCUT2D eigenvalue weighted by molar-refractivity contribution is 9.10. The molecule has 0 fully saturated rings. The highest BCUT2D eigenvalue weighted by atomic mass is 79.9. The van der Waals surface area contributed by atoms with Crippen molar-refractivity contribution in [2.45, 2.75) is 68.2 Å². The first-order valence-corrected chi connectivity index (χ1v) is 38.7. The average Bonchev–Trinajstić information content (AvgIpc) is 0.746. The number of fused-ring (bicyclic) bond motifs is 4. The predicted molar refractivity (Wildman–Crippen MR) is 446 cm³/mol. The third-order valence-electron chi connectivity index (χ3n) is 17.7. The molecule has 0 amide bonds. The van der Waals surface area contributed by atoms with Crippen LogP contribution in [0, 0.1) is 39.5 Å². The van der Waals surface area contributed by atoms with Crippen molar-refractivity contribution in [1.82, 2.24) is 24.9 Å². The van der Waals surface area contributed by atoms with E-state index in [4.69, 9.17) is 44.1 Å². The fraction of sp³-hybridized carbons (Fsp3) is 0.161. The summed E-state index contributed by atoms with van der Waals surface area (Å²) in [6, 6.07) is 85.1. The Balaban J connectivity index is 0.000000146. The van der Waals surface area contributed by atoms with E-state index in [9.17, 15) is 0 Å². The van der Waals surface area contributed by atoms with E-state index in [0.29, 0.717) is 30.9 Å². The lowest BCUT2D eigenvalue weighted by Gasteiger charge is -2.18. The number of aromatic nitrogens is 5. The smallest absolute Gasteiger partial charge is 0.494 e. The Morgan fingerprint density at radius 3 is 1.30 bits per heavy atom. The Morgan fingerprint density at radius 1 is 0.340 bits per heavy atom. The lowest BCUT2D eigenvalue weighted by Crippen LogP contribution is -2.11. The molecule has 106 heavy (non-hydrogen) atoms. The number of hydrogen-bond donors (Lipinski definition) is 1. The molecule has 0 aliphatic heterocycles. The second kappa shape index (κ2) is 39.6. The van der Waals surface area contributed by atoms with Crippen LogP contribution >= 0.6 is 15.9 Å². The zero-order valence-electron chi connectivity index (χ0n) is 61.3. The van der Waals surface area contributed by atoms with Crippen molar-refractivity contribution in [1.29, 1.82) is 0 Å². The van der Waals surface area contributed by atoms with Crippen LogP contribution in [0.4, 0.5) is 5.82 Å². The normalized spacial score (nSPS) is 11.2. The van der Waals surface area contributed by atoms with Gasteiger partial charge in [-0.25, -0.2) is 4.98 Å². The fourth-order valence-corrected chi connectivity index (χ4v) is 13.4. The summed E-state index contributed by atoms with van der Waals surface area (Å²) in [5.74, 6) is 7.34. The number of para-hydroxylation sites is 1. The van der Waals surface area contributed by atoms with Gasteiger partial charge in [0.15, 0.2) is 11.5 Å². The summed E-state index contributed by atoms with van der Waals surface area (Å²) in [6.45, 7) is 18.1. The lowest BCUT2D eigenvalue weighted by molar-refractivity contribution is 0.218. The van der Waals surface area contributed by atoms with E-state index in [1.807, 2.05) is 179 Å². The number of anilines is 1. The SMILES string of the molecule is CCC(C)COc1ccc(-c2ccc([O][AlH])c(-c3cccc(C)n3)c2)cc1OCC(C)CC.Cc1cccc(-c2c([O][AlH])c3ccccc3c3ccccc23)n1.Cc1cccc(-c2c([O][AlH])ccc3ccccc23)n1.Cc1cccc(-c2cc(Br)ccc2[O][AlH])n1.Nc1cccc(-c2ccccc2[O][AlH])n1. The average molecular weight is 1540 g/mol. The van der Waals surface area contributed by atoms with Crippen LogP contribution in [0.25, 0.3) is 99.7 Å². The molecule has 525 valence electrons. The monoisotopic (exact) mass is 1540 g/mol. The van der Waals surface area contributed by atoms with Gasteiger partial charge in [0.25, 0.3) is 0 Å². The Labute approximate surface area is 673 Å². The molecule has 5 radical (unpaired) electrons. The van der Waals surface area contributed by atoms with Crippen molar-refractivity contribution in [3.8, 4) is 108 Å². The third-order valence-corrected chi connectivity index (χ3v) is 19.8. The van der Waals surface area contributed by atoms with Crippen molar-refractivity contribution in [3.63, 3.8) is 0 Å². The zero-order chi connectivity index (χ0) is 75.1. The largest absolute Gasteiger partial charge is 0.650 e. The number of ether oxygens (including phenoxy) is 2. The molecule has 13 nitrogen and oxygen atoms in total. The van der Waals surface area contributed by atoms with E-state index in [1.54, 1.807) is 6.07 Å². The van der Waals surface area contributed by atoms with Crippen LogP contribution in [0.1, 0.15) is 63.3 Å². The van der Waals surface area contributed by atoms with Crippen molar-refractivity contribution in [2.24, 2.45) is 11.8 Å². The van der Waals surface area contributed by atoms with Gasteiger partial charge in [-0.1, -0.05) is 190 Å². The Kier molecular flexibility index (Phi) is 29.7. The predicted octanol–water partition coefficient (Wildman–Crippen LogP) is 19.3. The van der Waals surface area contributed by atoms with Crippen LogP contribution in [0.2, 0.25) is 0 Å². The topological polar surface area (TPSA) is 155 Å². The van der Waals surface area contributed by atoms with Crippen molar-refractivity contribution in [2.75, 3.05) is 18.9 Å². The van der Waals surface area contributed by atoms with E-state index in [1.165, 1.54) is 110 Å². The number of rotatable bonds is 19. The van der Waals surface area contributed by atoms with Gasteiger partial charge in [0.2, 0.25) is 0 Å². The summed E-state index contributed by atoms with van der Waals surface area (Å²) in [7, 11) is 0. The molecule has 19 heteroatoms. The molecule has 2 atom stereocenters. The van der Waals surface area contributed by atoms with Gasteiger partial charge in [0, 0.05) is 60.5 Å². The molecule has 14 aromatic rings. The summed E-state index contributed by atoms with van der Waals surface area (Å²) in [4.78, 5) is 22.8. The minimum atomic E-state index is 0.483. The molecule has 0 saturated carbocycles. The second-order valence-electron chi connectivity index (χ2n) is 25.4. The summed E-state index contributed by atoms with van der Waals surface area (Å²) in [5.41, 5.74) is 21.4. The Morgan fingerprint density at radius 2 is 0.755 bits per heavy atom. The lowest BCUT2D eigenvalue weighted by atomic mass is 9.94. The van der Waals surface area contributed by atoms with Gasteiger partial charge in [-0.05, 0) is 199 Å². The summed E-state index contributed by atoms with van der Waals surface area (Å²) in [6.07, 6.45) is 2.16. The van der Waals surface area contributed by atoms with Gasteiger partial charge in [-0.3, -0.25) is 19.9 Å². The Bertz CT molecular complexity index is 5290. The van der Waals surface area contributed by atoms with E-state index < -0.39 is 0 Å². The van der Waals surface area contributed by atoms with E-state index in [0.717, 1.165) is 153 Å². The van der Waals surface area contributed by atoms with Crippen molar-refractivity contribution < 1.29 is 28.4 Å². The van der Waals surface area contributed by atoms with Gasteiger partial charge >= 0.3 is 83.1 Å². The van der Waals surface area contributed by atoms with Crippen molar-refractivity contribution >= 4 is 137 Å². The first-order valence-electron chi connectivity index (χ1n) is 35.0. The van der Waals surface area contributed by atoms with Gasteiger partial charge in [-0.2, -0.15) is 0 Å². The highest BCUT2D eigenvalue weighted by Crippen LogP contribution is 2.44. The number of halogens is 1. The van der Waals surface area contributed by atoms with Gasteiger partial charge in [0.05, 0.1) is 70.4 Å². The summed E-state index contributed by atoms with van der Waals surface area (Å²) >= 11 is 10.9. The number of aryl methyl sites for hydroxylation is 4. The number of pyridine rings is 5. The molecule has 9 aromatic carbocycles. The Hall–Kier alpha value is -8.95. The zero-order valence-corrected chi connectivity index (χ0v) is 70.0. The molecule has 2 N–H and O–H groups in total. The minimum absolute atomic E-state index is 0.483. The minimum Gasteiger partial charge on any atom is -0.650 e. The maximum atomic E-state index is 6.23. The third kappa shape index (κ3) is 20.8. The molecule has 0 aliphatic rings. The van der Waals surface area contributed by atoms with E-state index in [-0.39, 0.29) is 0 Å². The first-order chi connectivity index (χ1) is 51.5. The molecule has 2 unspecified atom stereocenters. The van der Waals surface area contributed by atoms with Crippen LogP contribution in [0.3, 0.4) is 0 Å². The van der Waals surface area contributed by atoms with Crippen LogP contribution < -0.4 is 34.1 Å². The standard InChI is InChI=1S/C28H35NO3.C20H15NO.C16H13NO.C12H10BrNO.C11H10N2O.5Al.5H/c1-6-19(3)17-31-27-14-12-23(16-28(27)32-18-20(4)7-2)22-11-13-26(30)24(15-22)25-10-8-9-21(5)29-25;1-13-7-6-12-18(21-13)19-16-10-4-2-8-14(16)15-9-3-5-11-17(15)20(19)22;1-11-5-4-8-14(17-11)16-13-7-3-2-6-12(13)9-10-15(16)18;1-8-3-2-4-11(14-8)10-7-9(13)5-6-12(10)15;12-11-7-3-5-9(13-11)8-4-1-2-6-10(8)14;;;;;;;;;;/h8-16,19-20,30H,6-7,17-18H2,1-5H3;2-12,22H,1H3;2-10,18H,1H3;2-7,15H,1H3;1-7,14H,(H2,12,13);;;;;;;;;;/q;;;;;5*+1;;;;;/p-5. The summed E-state index contributed by atoms with van der Waals surface area (Å²) in [5, 5.41) is 7.10. The molecule has 0 bridgehead atoms. The molecular weight excluding hydrogens is 1460 g/mol. The molecular formula is C87H83Al5BrN6O7. The van der Waals surface area contributed by atoms with E-state index in [2.05, 4.69) is 156 Å². The molecule has 0 spiro atoms. The maximum absolute atomic E-state index is 6.23. The molecule has 0 aliphatic carbocycles. The molecule has 14 rings (SSSR count). The van der Waals surface area contributed by atoms with Crippen molar-refractivity contribution in [3.05, 3.63) is 282 Å². The quantitative estimate of drug-likeness (QED) is 0.0604. The number of nitrogen functional groups attached to an aromatic ring is 1. The van der Waals surface area contributed by atoms with Gasteiger partial charge < -0.3 is 34.1 Å². The van der Waals surface area contributed by atoms with Crippen LogP contribution in [0.15, 0.2) is 259 Å². The van der Waals surface area contributed by atoms with E-state index >= 15 is 0 Å². The second-order valence-corrected chi connectivity index (χ2v) is 27.8. The molecule has 5 heterocycles. The number of hydrogen-bond acceptors (Lipinski definition) is 13. The number of benzene rings is 9. The van der Waals surface area contributed by atoms with Crippen LogP contribution in [-0.2, 0) is 0 Å². The summed E-state index contributed by atoms with van der Waals surface area (Å²) < 4.78 is 41.1. The molecule has 5 aromatic heterocycles. The van der Waals surface area contributed by atoms with Gasteiger partial charge in [-0.15, -0.1) is 0 Å². The highest BCUT2D eigenvalue weighted by Gasteiger charge is 2.19. The number of nitrogens with zero attached hydrogens (tertiary/aromatic N) is 5. The first kappa shape index (κ1) is 79.6. The van der Waals surface area contributed by atoms with Crippen LogP contribution in [0.5, 0.6) is 40.2 Å². The maximum Gasteiger partial charge on any atom is 0.494 e. The van der Waals surface area contributed by atoms with Crippen LogP contribution in [-0.4, -0.2) is 121 Å². The molecule has 0 saturated heterocycles. The van der Waals surface area contributed by atoms with Gasteiger partial charge in [0.1, 0.15) is 5.82 Å². The fourth-order valence-electron chi connectivity index (χ4n) is 11.8.